The van der Waals surface area contributed by atoms with Gasteiger partial charge in [0.15, 0.2) is 0 Å². The van der Waals surface area contributed by atoms with E-state index < -0.39 is 4.92 Å². The van der Waals surface area contributed by atoms with Gasteiger partial charge in [-0.05, 0) is 24.0 Å². The van der Waals surface area contributed by atoms with Crippen LogP contribution in [0.15, 0.2) is 47.0 Å². The fourth-order valence-corrected chi connectivity index (χ4v) is 2.28. The average Bonchev–Trinajstić information content (AvgIpc) is 3.13. The van der Waals surface area contributed by atoms with Crippen molar-refractivity contribution in [1.29, 1.82) is 0 Å². The maximum absolute atomic E-state index is 10.6. The topological polar surface area (TPSA) is 86.1 Å². The first-order chi connectivity index (χ1) is 10.6. The first-order valence-corrected chi connectivity index (χ1v) is 7.03. The second-order valence-electron chi connectivity index (χ2n) is 5.06. The lowest BCUT2D eigenvalue weighted by Crippen LogP contribution is -2.23. The Morgan fingerprint density at radius 1 is 1.41 bits per heavy atom. The number of nitro groups is 1. The fraction of sp³-hybridized carbons (Fsp3) is 0.267. The Bertz CT molecular complexity index is 760. The summed E-state index contributed by atoms with van der Waals surface area (Å²) < 4.78 is 7.35. The number of furan rings is 1. The monoisotopic (exact) mass is 300 g/mol. The average molecular weight is 300 g/mol. The summed E-state index contributed by atoms with van der Waals surface area (Å²) in [5, 5.41) is 18.8. The molecule has 0 aliphatic rings. The Kier molecular flexibility index (Phi) is 3.88. The molecule has 0 bridgehead atoms. The Hall–Kier alpha value is -2.67. The van der Waals surface area contributed by atoms with Gasteiger partial charge >= 0.3 is 5.82 Å². The van der Waals surface area contributed by atoms with Gasteiger partial charge in [-0.1, -0.05) is 18.2 Å². The molecular weight excluding hydrogens is 284 g/mol. The molecule has 3 aromatic rings. The van der Waals surface area contributed by atoms with E-state index in [1.165, 1.54) is 6.07 Å². The van der Waals surface area contributed by atoms with Gasteiger partial charge in [0, 0.05) is 11.9 Å². The van der Waals surface area contributed by atoms with Crippen molar-refractivity contribution in [2.45, 2.75) is 19.5 Å². The molecule has 0 unspecified atom stereocenters. The molecule has 2 heterocycles. The number of nitrogens with one attached hydrogen (secondary N) is 1. The summed E-state index contributed by atoms with van der Waals surface area (Å²) >= 11 is 0. The predicted octanol–water partition coefficient (Wildman–Crippen LogP) is 2.89. The number of nitrogens with zero attached hydrogens (tertiary/aromatic N) is 3. The van der Waals surface area contributed by atoms with Crippen molar-refractivity contribution >= 4 is 16.8 Å². The molecule has 7 heteroatoms. The number of hydrogen-bond donors (Lipinski definition) is 1. The number of hydrogen-bond acceptors (Lipinski definition) is 5. The Morgan fingerprint density at radius 2 is 2.23 bits per heavy atom. The molecule has 7 nitrogen and oxygen atoms in total. The van der Waals surface area contributed by atoms with Crippen LogP contribution in [0.25, 0.3) is 11.0 Å². The van der Waals surface area contributed by atoms with Gasteiger partial charge in [0.25, 0.3) is 0 Å². The minimum absolute atomic E-state index is 0.0537. The van der Waals surface area contributed by atoms with Crippen molar-refractivity contribution in [2.24, 2.45) is 0 Å². The van der Waals surface area contributed by atoms with Gasteiger partial charge in [-0.15, -0.1) is 0 Å². The lowest BCUT2D eigenvalue weighted by Gasteiger charge is -2.10. The van der Waals surface area contributed by atoms with Crippen LogP contribution in [0.2, 0.25) is 0 Å². The van der Waals surface area contributed by atoms with Crippen molar-refractivity contribution in [3.8, 4) is 0 Å². The molecule has 0 aliphatic carbocycles. The van der Waals surface area contributed by atoms with E-state index in [0.29, 0.717) is 13.1 Å². The highest BCUT2D eigenvalue weighted by molar-refractivity contribution is 5.77. The van der Waals surface area contributed by atoms with E-state index >= 15 is 0 Å². The highest BCUT2D eigenvalue weighted by Gasteiger charge is 2.13. The molecular formula is C15H16N4O3. The Balaban J connectivity index is 1.57. The van der Waals surface area contributed by atoms with Crippen molar-refractivity contribution in [1.82, 2.24) is 15.1 Å². The van der Waals surface area contributed by atoms with Crippen LogP contribution in [0, 0.1) is 10.1 Å². The number of aromatic nitrogens is 2. The van der Waals surface area contributed by atoms with E-state index in [0.717, 1.165) is 16.7 Å². The summed E-state index contributed by atoms with van der Waals surface area (Å²) in [6.07, 6.45) is 1.60. The molecule has 0 saturated carbocycles. The van der Waals surface area contributed by atoms with Gasteiger partial charge in [0.05, 0.1) is 29.9 Å². The third-order valence-electron chi connectivity index (χ3n) is 3.48. The predicted molar refractivity (Wildman–Crippen MR) is 81.5 cm³/mol. The van der Waals surface area contributed by atoms with Crippen LogP contribution in [0.1, 0.15) is 18.7 Å². The van der Waals surface area contributed by atoms with Gasteiger partial charge < -0.3 is 19.8 Å². The quantitative estimate of drug-likeness (QED) is 0.558. The zero-order chi connectivity index (χ0) is 15.5. The molecule has 114 valence electrons. The van der Waals surface area contributed by atoms with Crippen LogP contribution in [-0.4, -0.2) is 21.2 Å². The first-order valence-electron chi connectivity index (χ1n) is 7.03. The van der Waals surface area contributed by atoms with Gasteiger partial charge in [-0.2, -0.15) is 4.68 Å². The fourth-order valence-electron chi connectivity index (χ4n) is 2.28. The minimum Gasteiger partial charge on any atom is -0.459 e. The largest absolute Gasteiger partial charge is 0.459 e. The van der Waals surface area contributed by atoms with Crippen LogP contribution in [0.4, 0.5) is 5.82 Å². The first kappa shape index (κ1) is 14.3. The summed E-state index contributed by atoms with van der Waals surface area (Å²) in [4.78, 5) is 10.1. The summed E-state index contributed by atoms with van der Waals surface area (Å²) in [5.74, 6) is 0.734. The normalized spacial score (nSPS) is 12.6. The van der Waals surface area contributed by atoms with E-state index in [1.807, 2.05) is 37.3 Å². The Morgan fingerprint density at radius 3 is 2.95 bits per heavy atom. The molecule has 1 atom stereocenters. The van der Waals surface area contributed by atoms with Gasteiger partial charge in [-0.25, -0.2) is 0 Å². The Labute approximate surface area is 126 Å². The highest BCUT2D eigenvalue weighted by atomic mass is 16.6. The van der Waals surface area contributed by atoms with Crippen LogP contribution in [-0.2, 0) is 6.54 Å². The van der Waals surface area contributed by atoms with E-state index in [-0.39, 0.29) is 11.9 Å². The lowest BCUT2D eigenvalue weighted by atomic mass is 10.2. The van der Waals surface area contributed by atoms with E-state index in [2.05, 4.69) is 10.4 Å². The second-order valence-corrected chi connectivity index (χ2v) is 5.06. The van der Waals surface area contributed by atoms with Crippen LogP contribution in [0.3, 0.4) is 0 Å². The zero-order valence-electron chi connectivity index (χ0n) is 12.1. The van der Waals surface area contributed by atoms with Crippen LogP contribution in [0.5, 0.6) is 0 Å². The molecule has 3 rings (SSSR count). The van der Waals surface area contributed by atoms with Crippen molar-refractivity contribution in [3.05, 3.63) is 58.5 Å². The number of benzene rings is 1. The van der Waals surface area contributed by atoms with Gasteiger partial charge in [0.2, 0.25) is 0 Å². The summed E-state index contributed by atoms with van der Waals surface area (Å²) in [7, 11) is 0. The summed E-state index contributed by atoms with van der Waals surface area (Å²) in [5.41, 5.74) is 0.869. The molecule has 1 N–H and O–H groups in total. The number of rotatable bonds is 6. The third kappa shape index (κ3) is 2.99. The standard InChI is InChI=1S/C15H16N4O3/c1-11(14-10-12-4-2-3-5-13(12)22-14)16-7-9-18-8-6-15(17-18)19(20)21/h2-6,8,10-11,16H,7,9H2,1H3/t11-/m1/s1. The molecule has 1 aromatic carbocycles. The molecule has 0 amide bonds. The van der Waals surface area contributed by atoms with Crippen LogP contribution >= 0.6 is 0 Å². The van der Waals surface area contributed by atoms with Gasteiger partial charge in [-0.3, -0.25) is 0 Å². The third-order valence-corrected chi connectivity index (χ3v) is 3.48. The second kappa shape index (κ2) is 5.98. The van der Waals surface area contributed by atoms with E-state index in [9.17, 15) is 10.1 Å². The zero-order valence-corrected chi connectivity index (χ0v) is 12.1. The minimum atomic E-state index is -0.499. The maximum atomic E-state index is 10.6. The maximum Gasteiger partial charge on any atom is 0.389 e. The van der Waals surface area contributed by atoms with E-state index in [4.69, 9.17) is 4.42 Å². The summed E-state index contributed by atoms with van der Waals surface area (Å²) in [6, 6.07) is 11.3. The number of para-hydroxylation sites is 1. The molecule has 0 radical (unpaired) electrons. The molecule has 0 spiro atoms. The van der Waals surface area contributed by atoms with Crippen molar-refractivity contribution in [3.63, 3.8) is 0 Å². The number of fused-ring (bicyclic) bond motifs is 1. The molecule has 0 saturated heterocycles. The summed E-state index contributed by atoms with van der Waals surface area (Å²) in [6.45, 7) is 3.21. The molecule has 2 aromatic heterocycles. The molecule has 0 fully saturated rings. The van der Waals surface area contributed by atoms with E-state index in [1.54, 1.807) is 10.9 Å². The smallest absolute Gasteiger partial charge is 0.389 e. The lowest BCUT2D eigenvalue weighted by molar-refractivity contribution is -0.389. The van der Waals surface area contributed by atoms with Gasteiger partial charge in [0.1, 0.15) is 11.3 Å². The van der Waals surface area contributed by atoms with Crippen molar-refractivity contribution < 1.29 is 9.34 Å². The van der Waals surface area contributed by atoms with Crippen LogP contribution < -0.4 is 5.32 Å². The SMILES string of the molecule is C[C@@H](NCCn1ccc([N+](=O)[O-])n1)c1cc2ccccc2o1. The molecule has 22 heavy (non-hydrogen) atoms. The highest BCUT2D eigenvalue weighted by Crippen LogP contribution is 2.23. The molecule has 0 aliphatic heterocycles. The van der Waals surface area contributed by atoms with Crippen molar-refractivity contribution in [2.75, 3.05) is 6.54 Å².